The molecule has 6 nitrogen and oxygen atoms in total. The van der Waals surface area contributed by atoms with Gasteiger partial charge in [-0.3, -0.25) is 9.78 Å². The summed E-state index contributed by atoms with van der Waals surface area (Å²) in [5.41, 5.74) is 0.941. The van der Waals surface area contributed by atoms with Crippen LogP contribution in [0.3, 0.4) is 0 Å². The molecule has 0 fully saturated rings. The van der Waals surface area contributed by atoms with Gasteiger partial charge in [-0.15, -0.1) is 0 Å². The molecule has 0 saturated carbocycles. The second-order valence-electron chi connectivity index (χ2n) is 3.65. The van der Waals surface area contributed by atoms with Crippen LogP contribution in [0.1, 0.15) is 12.5 Å². The average Bonchev–Trinajstić information content (AvgIpc) is 2.37. The highest BCUT2D eigenvalue weighted by molar-refractivity contribution is 5.83. The van der Waals surface area contributed by atoms with Gasteiger partial charge in [-0.05, 0) is 17.7 Å². The minimum atomic E-state index is -0.783. The first-order valence-electron chi connectivity index (χ1n) is 5.45. The van der Waals surface area contributed by atoms with Crippen molar-refractivity contribution in [3.63, 3.8) is 0 Å². The van der Waals surface area contributed by atoms with Crippen LogP contribution in [0.15, 0.2) is 24.5 Å². The molecule has 1 aromatic rings. The van der Waals surface area contributed by atoms with E-state index < -0.39 is 12.0 Å². The van der Waals surface area contributed by atoms with Gasteiger partial charge in [0.2, 0.25) is 5.91 Å². The zero-order valence-corrected chi connectivity index (χ0v) is 10.4. The second-order valence-corrected chi connectivity index (χ2v) is 3.65. The van der Waals surface area contributed by atoms with Crippen LogP contribution in [0.2, 0.25) is 0 Å². The Morgan fingerprint density at radius 3 is 2.61 bits per heavy atom. The highest BCUT2D eigenvalue weighted by atomic mass is 16.5. The van der Waals surface area contributed by atoms with Crippen LogP contribution in [0.4, 0.5) is 0 Å². The van der Waals surface area contributed by atoms with Crippen molar-refractivity contribution in [2.45, 2.75) is 19.6 Å². The molecule has 0 aliphatic rings. The Kier molecular flexibility index (Phi) is 5.79. The van der Waals surface area contributed by atoms with Gasteiger partial charge in [0.1, 0.15) is 0 Å². The maximum atomic E-state index is 11.4. The van der Waals surface area contributed by atoms with E-state index in [-0.39, 0.29) is 12.5 Å². The molecule has 98 valence electrons. The summed E-state index contributed by atoms with van der Waals surface area (Å²) in [6.45, 7) is 1.74. The molecule has 1 N–H and O–H groups in total. The number of carbonyl (C=O) groups excluding carboxylic acids is 2. The number of nitrogens with zero attached hydrogens (tertiary/aromatic N) is 1. The normalized spacial score (nSPS) is 11.7. The topological polar surface area (TPSA) is 77.5 Å². The van der Waals surface area contributed by atoms with Crippen LogP contribution in [-0.4, -0.2) is 36.6 Å². The number of methoxy groups -OCH3 is 1. The molecule has 0 spiro atoms. The SMILES string of the molecule is COC(=O)C(COCc1ccncc1)NC(C)=O. The van der Waals surface area contributed by atoms with Crippen molar-refractivity contribution >= 4 is 11.9 Å². The standard InChI is InChI=1S/C12H16N2O4/c1-9(15)14-11(12(16)17-2)8-18-7-10-3-5-13-6-4-10/h3-6,11H,7-8H2,1-2H3,(H,14,15). The molecule has 1 aromatic heterocycles. The monoisotopic (exact) mass is 252 g/mol. The number of carbonyl (C=O) groups is 2. The number of pyridine rings is 1. The number of ether oxygens (including phenoxy) is 2. The van der Waals surface area contributed by atoms with Crippen LogP contribution in [0.5, 0.6) is 0 Å². The highest BCUT2D eigenvalue weighted by Gasteiger charge is 2.20. The van der Waals surface area contributed by atoms with Gasteiger partial charge < -0.3 is 14.8 Å². The van der Waals surface area contributed by atoms with Crippen molar-refractivity contribution in [1.29, 1.82) is 0 Å². The Hall–Kier alpha value is -1.95. The predicted molar refractivity (Wildman–Crippen MR) is 63.5 cm³/mol. The summed E-state index contributed by atoms with van der Waals surface area (Å²) in [7, 11) is 1.26. The summed E-state index contributed by atoms with van der Waals surface area (Å²) < 4.78 is 9.93. The molecule has 0 aliphatic heterocycles. The lowest BCUT2D eigenvalue weighted by molar-refractivity contribution is -0.146. The fourth-order valence-electron chi connectivity index (χ4n) is 1.33. The number of esters is 1. The van der Waals surface area contributed by atoms with E-state index in [1.807, 2.05) is 12.1 Å². The minimum absolute atomic E-state index is 0.0641. The van der Waals surface area contributed by atoms with Crippen LogP contribution in [0, 0.1) is 0 Å². The number of rotatable bonds is 6. The van der Waals surface area contributed by atoms with E-state index in [1.165, 1.54) is 14.0 Å². The lowest BCUT2D eigenvalue weighted by atomic mass is 10.3. The summed E-state index contributed by atoms with van der Waals surface area (Å²) in [6.07, 6.45) is 3.31. The summed E-state index contributed by atoms with van der Waals surface area (Å²) in [6, 6.07) is 2.84. The Morgan fingerprint density at radius 1 is 1.39 bits per heavy atom. The van der Waals surface area contributed by atoms with Crippen LogP contribution < -0.4 is 5.32 Å². The molecule has 1 heterocycles. The Labute approximate surface area is 105 Å². The van der Waals surface area contributed by atoms with Crippen molar-refractivity contribution in [1.82, 2.24) is 10.3 Å². The molecule has 0 aliphatic carbocycles. The molecule has 6 heteroatoms. The largest absolute Gasteiger partial charge is 0.467 e. The number of nitrogens with one attached hydrogen (secondary N) is 1. The van der Waals surface area contributed by atoms with Crippen molar-refractivity contribution in [2.24, 2.45) is 0 Å². The van der Waals surface area contributed by atoms with Crippen molar-refractivity contribution < 1.29 is 19.1 Å². The van der Waals surface area contributed by atoms with Crippen molar-refractivity contribution in [3.05, 3.63) is 30.1 Å². The molecular weight excluding hydrogens is 236 g/mol. The lowest BCUT2D eigenvalue weighted by Crippen LogP contribution is -2.43. The van der Waals surface area contributed by atoms with E-state index in [9.17, 15) is 9.59 Å². The zero-order valence-electron chi connectivity index (χ0n) is 10.4. The summed E-state index contributed by atoms with van der Waals surface area (Å²) in [5, 5.41) is 2.47. The minimum Gasteiger partial charge on any atom is -0.467 e. The summed E-state index contributed by atoms with van der Waals surface area (Å²) >= 11 is 0. The van der Waals surface area contributed by atoms with Gasteiger partial charge in [-0.2, -0.15) is 0 Å². The van der Waals surface area contributed by atoms with Crippen LogP contribution in [-0.2, 0) is 25.7 Å². The molecule has 0 saturated heterocycles. The summed E-state index contributed by atoms with van der Waals surface area (Å²) in [4.78, 5) is 26.2. The Bertz CT molecular complexity index is 394. The van der Waals surface area contributed by atoms with Gasteiger partial charge in [0.05, 0.1) is 20.3 Å². The molecule has 0 bridgehead atoms. The molecular formula is C12H16N2O4. The molecule has 0 radical (unpaired) electrons. The van der Waals surface area contributed by atoms with Gasteiger partial charge in [0, 0.05) is 19.3 Å². The number of aromatic nitrogens is 1. The fourth-order valence-corrected chi connectivity index (χ4v) is 1.33. The highest BCUT2D eigenvalue weighted by Crippen LogP contribution is 2.00. The van der Waals surface area contributed by atoms with Gasteiger partial charge in [0.25, 0.3) is 0 Å². The van der Waals surface area contributed by atoms with E-state index in [1.54, 1.807) is 12.4 Å². The molecule has 0 aromatic carbocycles. The third-order valence-corrected chi connectivity index (χ3v) is 2.17. The van der Waals surface area contributed by atoms with Gasteiger partial charge in [-0.1, -0.05) is 0 Å². The number of amides is 1. The molecule has 1 unspecified atom stereocenters. The molecule has 18 heavy (non-hydrogen) atoms. The fraction of sp³-hybridized carbons (Fsp3) is 0.417. The van der Waals surface area contributed by atoms with E-state index in [0.29, 0.717) is 6.61 Å². The smallest absolute Gasteiger partial charge is 0.330 e. The van der Waals surface area contributed by atoms with E-state index in [0.717, 1.165) is 5.56 Å². The third-order valence-electron chi connectivity index (χ3n) is 2.17. The van der Waals surface area contributed by atoms with Crippen molar-refractivity contribution in [2.75, 3.05) is 13.7 Å². The van der Waals surface area contributed by atoms with Gasteiger partial charge in [-0.25, -0.2) is 4.79 Å². The molecule has 1 amide bonds. The van der Waals surface area contributed by atoms with E-state index >= 15 is 0 Å². The second kappa shape index (κ2) is 7.39. The maximum Gasteiger partial charge on any atom is 0.330 e. The first-order chi connectivity index (χ1) is 8.63. The summed E-state index contributed by atoms with van der Waals surface area (Å²) in [5.74, 6) is -0.835. The number of hydrogen-bond acceptors (Lipinski definition) is 5. The lowest BCUT2D eigenvalue weighted by Gasteiger charge is -2.15. The molecule has 1 rings (SSSR count). The van der Waals surface area contributed by atoms with E-state index in [4.69, 9.17) is 4.74 Å². The maximum absolute atomic E-state index is 11.4. The number of hydrogen-bond donors (Lipinski definition) is 1. The third kappa shape index (κ3) is 4.92. The van der Waals surface area contributed by atoms with E-state index in [2.05, 4.69) is 15.0 Å². The van der Waals surface area contributed by atoms with Crippen LogP contribution >= 0.6 is 0 Å². The van der Waals surface area contributed by atoms with Gasteiger partial charge in [0.15, 0.2) is 6.04 Å². The first kappa shape index (κ1) is 14.1. The van der Waals surface area contributed by atoms with Crippen molar-refractivity contribution in [3.8, 4) is 0 Å². The Morgan fingerprint density at radius 2 is 2.06 bits per heavy atom. The zero-order chi connectivity index (χ0) is 13.4. The first-order valence-corrected chi connectivity index (χ1v) is 5.45. The van der Waals surface area contributed by atoms with Crippen LogP contribution in [0.25, 0.3) is 0 Å². The average molecular weight is 252 g/mol. The molecule has 1 atom stereocenters. The predicted octanol–water partition coefficient (Wildman–Crippen LogP) is 0.276. The van der Waals surface area contributed by atoms with Gasteiger partial charge >= 0.3 is 5.97 Å². The quantitative estimate of drug-likeness (QED) is 0.736. The Balaban J connectivity index is 2.42.